The first-order chi connectivity index (χ1) is 18.9. The molecule has 0 aliphatic heterocycles. The number of methoxy groups -OCH3 is 1. The molecule has 0 aliphatic carbocycles. The molecule has 0 aliphatic rings. The summed E-state index contributed by atoms with van der Waals surface area (Å²) in [6.07, 6.45) is 0.678. The van der Waals surface area contributed by atoms with Crippen molar-refractivity contribution in [3.05, 3.63) is 94.8 Å². The molecule has 4 rings (SSSR count). The number of benzene rings is 3. The van der Waals surface area contributed by atoms with Crippen LogP contribution < -0.4 is 15.0 Å². The minimum absolute atomic E-state index is 0.118. The molecule has 7 nitrogen and oxygen atoms in total. The minimum Gasteiger partial charge on any atom is -0.497 e. The van der Waals surface area contributed by atoms with Gasteiger partial charge in [0.2, 0.25) is 11.8 Å². The Kier molecular flexibility index (Phi) is 9.33. The summed E-state index contributed by atoms with van der Waals surface area (Å²) in [5, 5.41) is 5.75. The van der Waals surface area contributed by atoms with E-state index in [2.05, 4.69) is 5.32 Å². The van der Waals surface area contributed by atoms with E-state index >= 15 is 0 Å². The van der Waals surface area contributed by atoms with Crippen LogP contribution in [0, 0.1) is 0 Å². The van der Waals surface area contributed by atoms with Crippen LogP contribution in [0.3, 0.4) is 0 Å². The van der Waals surface area contributed by atoms with Crippen molar-refractivity contribution in [2.75, 3.05) is 31.4 Å². The second kappa shape index (κ2) is 13.1. The predicted octanol–water partition coefficient (Wildman–Crippen LogP) is 5.87. The first-order valence-corrected chi connectivity index (χ1v) is 13.8. The monoisotopic (exact) mass is 542 g/mol. The Hall–Kier alpha value is -4.17. The van der Waals surface area contributed by atoms with Crippen LogP contribution in [0.15, 0.2) is 84.2 Å². The van der Waals surface area contributed by atoms with Crippen LogP contribution in [0.25, 0.3) is 11.3 Å². The van der Waals surface area contributed by atoms with Gasteiger partial charge in [-0.1, -0.05) is 37.3 Å². The highest BCUT2D eigenvalue weighted by Crippen LogP contribution is 2.26. The van der Waals surface area contributed by atoms with Crippen molar-refractivity contribution >= 4 is 34.5 Å². The van der Waals surface area contributed by atoms with Crippen molar-refractivity contribution in [1.82, 2.24) is 9.88 Å². The number of rotatable bonds is 11. The van der Waals surface area contributed by atoms with Gasteiger partial charge in [-0.05, 0) is 60.5 Å². The number of ether oxygens (including phenoxy) is 1. The number of amides is 2. The number of carbonyl (C=O) groups is 2. The van der Waals surface area contributed by atoms with E-state index in [1.807, 2.05) is 110 Å². The number of carbonyl (C=O) groups excluding carboxylic acids is 2. The summed E-state index contributed by atoms with van der Waals surface area (Å²) in [5.41, 5.74) is 4.42. The first-order valence-electron chi connectivity index (χ1n) is 12.9. The molecule has 1 aromatic heterocycles. The van der Waals surface area contributed by atoms with Gasteiger partial charge >= 0.3 is 0 Å². The van der Waals surface area contributed by atoms with Gasteiger partial charge in [0.15, 0.2) is 0 Å². The molecule has 0 saturated carbocycles. The van der Waals surface area contributed by atoms with Gasteiger partial charge in [-0.3, -0.25) is 9.59 Å². The Morgan fingerprint density at radius 3 is 2.28 bits per heavy atom. The van der Waals surface area contributed by atoms with E-state index in [-0.39, 0.29) is 24.8 Å². The van der Waals surface area contributed by atoms with Crippen LogP contribution in [-0.2, 0) is 22.6 Å². The van der Waals surface area contributed by atoms with Gasteiger partial charge in [0, 0.05) is 36.4 Å². The predicted molar refractivity (Wildman–Crippen MR) is 158 cm³/mol. The maximum atomic E-state index is 13.6. The van der Waals surface area contributed by atoms with Crippen LogP contribution in [0.2, 0.25) is 0 Å². The van der Waals surface area contributed by atoms with Gasteiger partial charge < -0.3 is 19.9 Å². The Bertz CT molecular complexity index is 1370. The number of hydrogen-bond donors (Lipinski definition) is 1. The van der Waals surface area contributed by atoms with Crippen LogP contribution in [0.5, 0.6) is 5.75 Å². The average molecular weight is 543 g/mol. The molecule has 1 unspecified atom stereocenters. The molecule has 0 bridgehead atoms. The lowest BCUT2D eigenvalue weighted by Crippen LogP contribution is -2.47. The van der Waals surface area contributed by atoms with E-state index in [0.29, 0.717) is 12.1 Å². The molecule has 1 N–H and O–H groups in total. The quantitative estimate of drug-likeness (QED) is 0.256. The Labute approximate surface area is 234 Å². The molecule has 202 valence electrons. The smallest absolute Gasteiger partial charge is 0.247 e. The number of nitrogens with one attached hydrogen (secondary N) is 1. The van der Waals surface area contributed by atoms with Crippen molar-refractivity contribution < 1.29 is 14.3 Å². The zero-order valence-corrected chi connectivity index (χ0v) is 23.6. The van der Waals surface area contributed by atoms with Crippen molar-refractivity contribution in [1.29, 1.82) is 0 Å². The lowest BCUT2D eigenvalue weighted by atomic mass is 10.1. The number of anilines is 2. The van der Waals surface area contributed by atoms with Crippen molar-refractivity contribution in [2.24, 2.45) is 0 Å². The Morgan fingerprint density at radius 1 is 0.974 bits per heavy atom. The lowest BCUT2D eigenvalue weighted by Gasteiger charge is -2.30. The molecular formula is C31H34N4O3S. The maximum Gasteiger partial charge on any atom is 0.247 e. The highest BCUT2D eigenvalue weighted by Gasteiger charge is 2.29. The molecule has 0 spiro atoms. The first kappa shape index (κ1) is 27.9. The minimum atomic E-state index is -0.650. The second-order valence-corrected chi connectivity index (χ2v) is 10.3. The SMILES string of the molecule is CCC(C(=O)Nc1ccc(N(C)C)cc1)N(Cc1nc(-c2ccc(OC)cc2)cs1)C(=O)Cc1ccccc1. The van der Waals surface area contributed by atoms with E-state index in [9.17, 15) is 9.59 Å². The molecule has 0 fully saturated rings. The summed E-state index contributed by atoms with van der Waals surface area (Å²) in [6.45, 7) is 2.17. The summed E-state index contributed by atoms with van der Waals surface area (Å²) in [7, 11) is 5.57. The second-order valence-electron chi connectivity index (χ2n) is 9.39. The van der Waals surface area contributed by atoms with Crippen LogP contribution in [-0.4, -0.2) is 48.9 Å². The van der Waals surface area contributed by atoms with Crippen LogP contribution in [0.4, 0.5) is 11.4 Å². The van der Waals surface area contributed by atoms with E-state index in [0.717, 1.165) is 33.3 Å². The number of aromatic nitrogens is 1. The molecule has 4 aromatic rings. The van der Waals surface area contributed by atoms with Gasteiger partial charge in [0.05, 0.1) is 25.8 Å². The molecular weight excluding hydrogens is 508 g/mol. The molecule has 1 atom stereocenters. The van der Waals surface area contributed by atoms with Gasteiger partial charge in [0.25, 0.3) is 0 Å². The fourth-order valence-corrected chi connectivity index (χ4v) is 5.08. The zero-order chi connectivity index (χ0) is 27.8. The molecule has 3 aromatic carbocycles. The third-order valence-corrected chi connectivity index (χ3v) is 7.31. The van der Waals surface area contributed by atoms with Crippen molar-refractivity contribution in [2.45, 2.75) is 32.4 Å². The molecule has 39 heavy (non-hydrogen) atoms. The largest absolute Gasteiger partial charge is 0.497 e. The topological polar surface area (TPSA) is 74.8 Å². The van der Waals surface area contributed by atoms with Gasteiger partial charge in [-0.15, -0.1) is 11.3 Å². The van der Waals surface area contributed by atoms with Gasteiger partial charge in [-0.25, -0.2) is 4.98 Å². The normalized spacial score (nSPS) is 11.5. The zero-order valence-electron chi connectivity index (χ0n) is 22.8. The molecule has 0 saturated heterocycles. The molecule has 0 radical (unpaired) electrons. The molecule has 1 heterocycles. The Morgan fingerprint density at radius 2 is 1.67 bits per heavy atom. The third kappa shape index (κ3) is 7.23. The molecule has 2 amide bonds. The van der Waals surface area contributed by atoms with Crippen LogP contribution >= 0.6 is 11.3 Å². The highest BCUT2D eigenvalue weighted by molar-refractivity contribution is 7.09. The summed E-state index contributed by atoms with van der Waals surface area (Å²) in [4.78, 5) is 35.6. The van der Waals surface area contributed by atoms with E-state index in [4.69, 9.17) is 9.72 Å². The summed E-state index contributed by atoms with van der Waals surface area (Å²) in [5.74, 6) is 0.441. The third-order valence-electron chi connectivity index (χ3n) is 6.48. The standard InChI is InChI=1S/C31H34N4O3S/c1-5-28(31(37)32-24-13-15-25(16-14-24)34(2)3)35(30(36)19-22-9-7-6-8-10-22)20-29-33-27(21-39-29)23-11-17-26(38-4)18-12-23/h6-18,21,28H,5,19-20H2,1-4H3,(H,32,37). The number of nitrogens with zero attached hydrogens (tertiary/aromatic N) is 3. The van der Waals surface area contributed by atoms with Crippen molar-refractivity contribution in [3.8, 4) is 17.0 Å². The summed E-state index contributed by atoms with van der Waals surface area (Å²) in [6, 6.07) is 24.3. The van der Waals surface area contributed by atoms with E-state index in [1.165, 1.54) is 11.3 Å². The van der Waals surface area contributed by atoms with E-state index < -0.39 is 6.04 Å². The molecule has 8 heteroatoms. The van der Waals surface area contributed by atoms with E-state index in [1.54, 1.807) is 12.0 Å². The fraction of sp³-hybridized carbons (Fsp3) is 0.258. The van der Waals surface area contributed by atoms with Gasteiger partial charge in [0.1, 0.15) is 16.8 Å². The Balaban J connectivity index is 1.57. The number of hydrogen-bond acceptors (Lipinski definition) is 6. The summed E-state index contributed by atoms with van der Waals surface area (Å²) < 4.78 is 5.26. The fourth-order valence-electron chi connectivity index (χ4n) is 4.28. The van der Waals surface area contributed by atoms with Gasteiger partial charge in [-0.2, -0.15) is 0 Å². The van der Waals surface area contributed by atoms with Crippen molar-refractivity contribution in [3.63, 3.8) is 0 Å². The average Bonchev–Trinajstić information content (AvgIpc) is 3.42. The highest BCUT2D eigenvalue weighted by atomic mass is 32.1. The maximum absolute atomic E-state index is 13.6. The van der Waals surface area contributed by atoms with Crippen LogP contribution in [0.1, 0.15) is 23.9 Å². The summed E-state index contributed by atoms with van der Waals surface area (Å²) >= 11 is 1.48. The lowest BCUT2D eigenvalue weighted by molar-refractivity contribution is -0.139. The number of thiazole rings is 1.